The molecule has 2 aromatic carbocycles. The number of hydrogen-bond acceptors (Lipinski definition) is 6. The van der Waals surface area contributed by atoms with E-state index >= 15 is 0 Å². The van der Waals surface area contributed by atoms with Gasteiger partial charge in [-0.3, -0.25) is 25.0 Å². The van der Waals surface area contributed by atoms with Gasteiger partial charge in [0.2, 0.25) is 11.9 Å². The van der Waals surface area contributed by atoms with Crippen molar-refractivity contribution in [2.75, 3.05) is 23.8 Å². The average Bonchev–Trinajstić information content (AvgIpc) is 2.95. The molecule has 44 heavy (non-hydrogen) atoms. The first-order valence-corrected chi connectivity index (χ1v) is 15.9. The quantitative estimate of drug-likeness (QED) is 0.164. The van der Waals surface area contributed by atoms with Gasteiger partial charge >= 0.3 is 0 Å². The molecule has 7 rings (SSSR count). The number of nitrogens with one attached hydrogen (secondary N) is 3. The van der Waals surface area contributed by atoms with E-state index in [9.17, 15) is 14.7 Å². The Morgan fingerprint density at radius 1 is 1.16 bits per heavy atom. The summed E-state index contributed by atoms with van der Waals surface area (Å²) in [6.07, 6.45) is 2.42. The number of aliphatic hydroxyl groups excluding tert-OH is 1. The van der Waals surface area contributed by atoms with Gasteiger partial charge in [0.15, 0.2) is 5.96 Å². The standard InChI is InChI=1S/C32H39Cl2N7O3/c1-17-25-11-20(32(25,3)4)12-27(17)36-30(40-15-23(43)16-40)35-22-7-8-24-28(14-22)37-31(39-38-18(2)42)41(29(24)44)10-9-19-5-6-21(33)13-26(19)34/h5-8,13-14,17,20,23,25,27,43H,9-12,15-16H2,1-4H3,(H,35,36)(H,37,39)(H,38,42)/t17-,20-,25+,27-/m0/s1. The third kappa shape index (κ3) is 5.87. The van der Waals surface area contributed by atoms with Crippen LogP contribution in [0.4, 0.5) is 11.6 Å². The Morgan fingerprint density at radius 2 is 1.93 bits per heavy atom. The number of hydrazine groups is 1. The third-order valence-electron chi connectivity index (χ3n) is 9.95. The van der Waals surface area contributed by atoms with Crippen molar-refractivity contribution in [2.45, 2.75) is 65.6 Å². The van der Waals surface area contributed by atoms with Crippen LogP contribution in [0.1, 0.15) is 46.1 Å². The number of amides is 1. The third-order valence-corrected chi connectivity index (χ3v) is 10.5. The highest BCUT2D eigenvalue weighted by atomic mass is 35.5. The number of guanidine groups is 1. The summed E-state index contributed by atoms with van der Waals surface area (Å²) in [7, 11) is 0. The van der Waals surface area contributed by atoms with Crippen LogP contribution in [-0.2, 0) is 17.8 Å². The van der Waals surface area contributed by atoms with Crippen LogP contribution in [0, 0.1) is 23.2 Å². The Hall–Kier alpha value is -3.34. The number of carbonyl (C=O) groups is 1. The van der Waals surface area contributed by atoms with Crippen molar-refractivity contribution < 1.29 is 9.90 Å². The molecule has 4 N–H and O–H groups in total. The fraction of sp³-hybridized carbons (Fsp3) is 0.500. The molecule has 1 aromatic heterocycles. The number of aryl methyl sites for hydroxylation is 1. The van der Waals surface area contributed by atoms with Crippen molar-refractivity contribution in [3.8, 4) is 0 Å². The van der Waals surface area contributed by atoms with E-state index in [-0.39, 0.29) is 36.1 Å². The number of halogens is 2. The van der Waals surface area contributed by atoms with Crippen LogP contribution in [0.15, 0.2) is 46.2 Å². The van der Waals surface area contributed by atoms with Gasteiger partial charge < -0.3 is 15.3 Å². The maximum atomic E-state index is 13.7. The zero-order chi connectivity index (χ0) is 31.3. The van der Waals surface area contributed by atoms with E-state index in [1.807, 2.05) is 18.2 Å². The lowest BCUT2D eigenvalue weighted by Gasteiger charge is -2.61. The zero-order valence-electron chi connectivity index (χ0n) is 25.4. The van der Waals surface area contributed by atoms with Gasteiger partial charge in [-0.05, 0) is 78.3 Å². The van der Waals surface area contributed by atoms with Crippen LogP contribution in [0.2, 0.25) is 10.0 Å². The molecule has 0 unspecified atom stereocenters. The Labute approximate surface area is 266 Å². The molecule has 1 aliphatic heterocycles. The maximum absolute atomic E-state index is 13.7. The summed E-state index contributed by atoms with van der Waals surface area (Å²) < 4.78 is 1.49. The van der Waals surface area contributed by atoms with Gasteiger partial charge in [-0.1, -0.05) is 50.0 Å². The summed E-state index contributed by atoms with van der Waals surface area (Å²) in [5.74, 6) is 2.43. The molecule has 2 heterocycles. The Kier molecular flexibility index (Phi) is 8.28. The molecule has 3 saturated carbocycles. The molecule has 1 saturated heterocycles. The minimum Gasteiger partial charge on any atom is -0.389 e. The van der Waals surface area contributed by atoms with E-state index in [1.165, 1.54) is 17.9 Å². The van der Waals surface area contributed by atoms with Gasteiger partial charge in [-0.2, -0.15) is 0 Å². The highest BCUT2D eigenvalue weighted by Crippen LogP contribution is 2.61. The number of nitrogens with zero attached hydrogens (tertiary/aromatic N) is 4. The first-order chi connectivity index (χ1) is 20.9. The van der Waals surface area contributed by atoms with Crippen molar-refractivity contribution in [3.63, 3.8) is 0 Å². The molecule has 12 heteroatoms. The van der Waals surface area contributed by atoms with Gasteiger partial charge in [0.1, 0.15) is 0 Å². The van der Waals surface area contributed by atoms with Crippen molar-refractivity contribution in [2.24, 2.45) is 28.2 Å². The summed E-state index contributed by atoms with van der Waals surface area (Å²) >= 11 is 12.4. The summed E-state index contributed by atoms with van der Waals surface area (Å²) in [4.78, 5) is 37.4. The Balaban J connectivity index is 1.29. The molecule has 4 aliphatic rings. The van der Waals surface area contributed by atoms with Crippen molar-refractivity contribution in [1.82, 2.24) is 19.9 Å². The molecule has 0 spiro atoms. The Bertz CT molecular complexity index is 1680. The van der Waals surface area contributed by atoms with Gasteiger partial charge in [0, 0.05) is 42.3 Å². The molecule has 3 aliphatic carbocycles. The fourth-order valence-corrected chi connectivity index (χ4v) is 7.61. The number of hydrogen-bond donors (Lipinski definition) is 4. The maximum Gasteiger partial charge on any atom is 0.262 e. The molecule has 4 atom stereocenters. The number of aromatic nitrogens is 2. The molecule has 1 amide bonds. The fourth-order valence-electron chi connectivity index (χ4n) is 7.10. The van der Waals surface area contributed by atoms with Gasteiger partial charge in [-0.25, -0.2) is 9.98 Å². The number of fused-ring (bicyclic) bond motifs is 3. The summed E-state index contributed by atoms with van der Waals surface area (Å²) in [6, 6.07) is 10.9. The minimum absolute atomic E-state index is 0.206. The van der Waals surface area contributed by atoms with Crippen molar-refractivity contribution in [3.05, 3.63) is 62.4 Å². The number of β-amino-alcohol motifs (C(OH)–C–C–N with tert-alkyl or cyclic N) is 1. The number of likely N-dealkylation sites (tertiary alicyclic amines) is 1. The lowest BCUT2D eigenvalue weighted by atomic mass is 9.45. The molecule has 3 aromatic rings. The number of rotatable bonds is 7. The summed E-state index contributed by atoms with van der Waals surface area (Å²) in [5, 5.41) is 15.0. The number of aliphatic hydroxyl groups is 1. The Morgan fingerprint density at radius 3 is 2.59 bits per heavy atom. The summed E-state index contributed by atoms with van der Waals surface area (Å²) in [5.41, 5.74) is 7.48. The van der Waals surface area contributed by atoms with E-state index in [0.717, 1.165) is 23.6 Å². The smallest absolute Gasteiger partial charge is 0.262 e. The minimum atomic E-state index is -0.375. The van der Waals surface area contributed by atoms with Crippen LogP contribution in [0.25, 0.3) is 10.9 Å². The highest BCUT2D eigenvalue weighted by molar-refractivity contribution is 6.35. The molecule has 10 nitrogen and oxygen atoms in total. The normalized spacial score (nSPS) is 24.4. The van der Waals surface area contributed by atoms with Gasteiger partial charge in [0.05, 0.1) is 23.0 Å². The highest BCUT2D eigenvalue weighted by Gasteiger charge is 2.56. The number of aliphatic imine (C=N–C) groups is 1. The van der Waals surface area contributed by atoms with Crippen LogP contribution >= 0.6 is 23.2 Å². The van der Waals surface area contributed by atoms with Gasteiger partial charge in [-0.15, -0.1) is 0 Å². The van der Waals surface area contributed by atoms with E-state index in [4.69, 9.17) is 33.2 Å². The number of carbonyl (C=O) groups excluding carboxylic acids is 1. The second-order valence-electron chi connectivity index (χ2n) is 13.1. The molecule has 4 fully saturated rings. The van der Waals surface area contributed by atoms with Crippen molar-refractivity contribution >= 4 is 57.6 Å². The van der Waals surface area contributed by atoms with Gasteiger partial charge in [0.25, 0.3) is 5.56 Å². The zero-order valence-corrected chi connectivity index (χ0v) is 26.9. The predicted molar refractivity (Wildman–Crippen MR) is 175 cm³/mol. The first kappa shape index (κ1) is 30.7. The molecular formula is C32H39Cl2N7O3. The lowest BCUT2D eigenvalue weighted by Crippen LogP contribution is -2.58. The van der Waals surface area contributed by atoms with E-state index < -0.39 is 0 Å². The number of anilines is 2. The van der Waals surface area contributed by atoms with Crippen molar-refractivity contribution in [1.29, 1.82) is 0 Å². The van der Waals surface area contributed by atoms with E-state index in [0.29, 0.717) is 63.6 Å². The molecule has 2 bridgehead atoms. The monoisotopic (exact) mass is 639 g/mol. The number of benzene rings is 2. The van der Waals surface area contributed by atoms with Crippen LogP contribution in [0.5, 0.6) is 0 Å². The predicted octanol–water partition coefficient (Wildman–Crippen LogP) is 4.92. The molecule has 234 valence electrons. The lowest BCUT2D eigenvalue weighted by molar-refractivity contribution is -0.118. The van der Waals surface area contributed by atoms with Crippen LogP contribution < -0.4 is 21.7 Å². The topological polar surface area (TPSA) is 124 Å². The largest absolute Gasteiger partial charge is 0.389 e. The van der Waals surface area contributed by atoms with Crippen LogP contribution in [0.3, 0.4) is 0 Å². The average molecular weight is 641 g/mol. The molecule has 0 radical (unpaired) electrons. The molecular weight excluding hydrogens is 601 g/mol. The SMILES string of the molecule is CC(=O)NNc1nc2cc(NC(=N[C@H]3C[C@@H]4C[C@H]([C@@H]3C)C4(C)C)N3CC(O)C3)ccc2c(=O)n1CCc1ccc(Cl)cc1Cl. The summed E-state index contributed by atoms with van der Waals surface area (Å²) in [6.45, 7) is 9.76. The van der Waals surface area contributed by atoms with Crippen LogP contribution in [-0.4, -0.2) is 56.7 Å². The van der Waals surface area contributed by atoms with E-state index in [2.05, 4.69) is 41.8 Å². The first-order valence-electron chi connectivity index (χ1n) is 15.2. The second-order valence-corrected chi connectivity index (χ2v) is 13.9. The van der Waals surface area contributed by atoms with E-state index in [1.54, 1.807) is 18.2 Å². The second kappa shape index (κ2) is 11.9.